The van der Waals surface area contributed by atoms with Crippen molar-refractivity contribution in [3.05, 3.63) is 23.8 Å². The summed E-state index contributed by atoms with van der Waals surface area (Å²) in [6, 6.07) is 6.24. The van der Waals surface area contributed by atoms with Gasteiger partial charge in [0.05, 0.1) is 7.11 Å². The predicted octanol–water partition coefficient (Wildman–Crippen LogP) is 3.46. The van der Waals surface area contributed by atoms with Gasteiger partial charge in [-0.25, -0.2) is 0 Å². The van der Waals surface area contributed by atoms with Crippen LogP contribution in [0.1, 0.15) is 44.6 Å². The molecule has 1 aliphatic rings. The van der Waals surface area contributed by atoms with Crippen molar-refractivity contribution >= 4 is 0 Å². The van der Waals surface area contributed by atoms with Gasteiger partial charge in [0.2, 0.25) is 0 Å². The Labute approximate surface area is 116 Å². The van der Waals surface area contributed by atoms with Crippen molar-refractivity contribution in [2.24, 2.45) is 5.92 Å². The van der Waals surface area contributed by atoms with Crippen LogP contribution < -0.4 is 10.1 Å². The molecule has 0 saturated heterocycles. The molecule has 106 valence electrons. The Morgan fingerprint density at radius 3 is 2.95 bits per heavy atom. The monoisotopic (exact) mass is 263 g/mol. The highest BCUT2D eigenvalue weighted by atomic mass is 16.5. The topological polar surface area (TPSA) is 41.5 Å². The van der Waals surface area contributed by atoms with Crippen LogP contribution in [0.5, 0.6) is 11.5 Å². The third kappa shape index (κ3) is 3.63. The number of phenolic OH excluding ortho intramolecular Hbond substituents is 1. The molecule has 1 fully saturated rings. The number of benzene rings is 1. The van der Waals surface area contributed by atoms with Crippen molar-refractivity contribution < 1.29 is 9.84 Å². The highest BCUT2D eigenvalue weighted by Crippen LogP contribution is 2.30. The van der Waals surface area contributed by atoms with Gasteiger partial charge in [0.1, 0.15) is 0 Å². The summed E-state index contributed by atoms with van der Waals surface area (Å²) < 4.78 is 5.13. The minimum atomic E-state index is 0.264. The quantitative estimate of drug-likeness (QED) is 0.855. The van der Waals surface area contributed by atoms with E-state index in [4.69, 9.17) is 4.74 Å². The van der Waals surface area contributed by atoms with E-state index in [-0.39, 0.29) is 5.75 Å². The SMILES string of the molecule is CCC1CCCC(NCc2cccc(OC)c2O)C1. The number of para-hydroxylation sites is 1. The number of ether oxygens (including phenoxy) is 1. The first-order chi connectivity index (χ1) is 9.24. The zero-order chi connectivity index (χ0) is 13.7. The summed E-state index contributed by atoms with van der Waals surface area (Å²) >= 11 is 0. The second-order valence-corrected chi connectivity index (χ2v) is 5.49. The first kappa shape index (κ1) is 14.2. The fraction of sp³-hybridized carbons (Fsp3) is 0.625. The van der Waals surface area contributed by atoms with E-state index < -0.39 is 0 Å². The molecule has 0 aromatic heterocycles. The molecule has 2 unspecified atom stereocenters. The summed E-state index contributed by atoms with van der Waals surface area (Å²) in [6.07, 6.45) is 6.49. The van der Waals surface area contributed by atoms with Gasteiger partial charge < -0.3 is 15.2 Å². The molecule has 1 saturated carbocycles. The van der Waals surface area contributed by atoms with Gasteiger partial charge in [0.15, 0.2) is 11.5 Å². The van der Waals surface area contributed by atoms with Crippen LogP contribution in [0.2, 0.25) is 0 Å². The zero-order valence-electron chi connectivity index (χ0n) is 12.0. The second kappa shape index (κ2) is 6.80. The van der Waals surface area contributed by atoms with Crippen LogP contribution in [-0.2, 0) is 6.54 Å². The van der Waals surface area contributed by atoms with Crippen molar-refractivity contribution in [2.75, 3.05) is 7.11 Å². The lowest BCUT2D eigenvalue weighted by Gasteiger charge is -2.29. The van der Waals surface area contributed by atoms with Crippen molar-refractivity contribution in [1.29, 1.82) is 0 Å². The number of nitrogens with one attached hydrogen (secondary N) is 1. The lowest BCUT2D eigenvalue weighted by atomic mass is 9.84. The van der Waals surface area contributed by atoms with Crippen LogP contribution in [-0.4, -0.2) is 18.3 Å². The molecule has 0 heterocycles. The molecule has 0 spiro atoms. The average Bonchev–Trinajstić information content (AvgIpc) is 2.46. The average molecular weight is 263 g/mol. The third-order valence-corrected chi connectivity index (χ3v) is 4.24. The van der Waals surface area contributed by atoms with Crippen molar-refractivity contribution in [3.8, 4) is 11.5 Å². The molecule has 0 radical (unpaired) electrons. The number of rotatable bonds is 5. The number of methoxy groups -OCH3 is 1. The Bertz CT molecular complexity index is 406. The Morgan fingerprint density at radius 1 is 1.37 bits per heavy atom. The van der Waals surface area contributed by atoms with Crippen LogP contribution in [0.4, 0.5) is 0 Å². The Hall–Kier alpha value is -1.22. The third-order valence-electron chi connectivity index (χ3n) is 4.24. The Balaban J connectivity index is 1.91. The summed E-state index contributed by atoms with van der Waals surface area (Å²) in [4.78, 5) is 0. The molecule has 0 bridgehead atoms. The maximum absolute atomic E-state index is 10.1. The molecule has 2 N–H and O–H groups in total. The van der Waals surface area contributed by atoms with Gasteiger partial charge >= 0.3 is 0 Å². The molecular weight excluding hydrogens is 238 g/mol. The van der Waals surface area contributed by atoms with E-state index in [0.29, 0.717) is 18.3 Å². The first-order valence-corrected chi connectivity index (χ1v) is 7.32. The molecule has 1 aromatic rings. The summed E-state index contributed by atoms with van der Waals surface area (Å²) in [5, 5.41) is 13.6. The smallest absolute Gasteiger partial charge is 0.162 e. The van der Waals surface area contributed by atoms with Gasteiger partial charge in [-0.1, -0.05) is 38.3 Å². The van der Waals surface area contributed by atoms with Gasteiger partial charge in [-0.2, -0.15) is 0 Å². The van der Waals surface area contributed by atoms with Crippen LogP contribution >= 0.6 is 0 Å². The molecular formula is C16H25NO2. The number of hydrogen-bond acceptors (Lipinski definition) is 3. The van der Waals surface area contributed by atoms with E-state index in [1.807, 2.05) is 12.1 Å². The minimum Gasteiger partial charge on any atom is -0.504 e. The van der Waals surface area contributed by atoms with E-state index in [0.717, 1.165) is 11.5 Å². The summed E-state index contributed by atoms with van der Waals surface area (Å²) in [5.74, 6) is 1.68. The highest BCUT2D eigenvalue weighted by Gasteiger charge is 2.20. The van der Waals surface area contributed by atoms with Crippen molar-refractivity contribution in [1.82, 2.24) is 5.32 Å². The van der Waals surface area contributed by atoms with Gasteiger partial charge in [0, 0.05) is 18.2 Å². The van der Waals surface area contributed by atoms with Crippen LogP contribution in [0.3, 0.4) is 0 Å². The highest BCUT2D eigenvalue weighted by molar-refractivity contribution is 5.45. The summed E-state index contributed by atoms with van der Waals surface area (Å²) in [6.45, 7) is 2.99. The number of hydrogen-bond donors (Lipinski definition) is 2. The van der Waals surface area contributed by atoms with E-state index in [1.54, 1.807) is 13.2 Å². The summed E-state index contributed by atoms with van der Waals surface area (Å²) in [7, 11) is 1.58. The molecule has 3 heteroatoms. The van der Waals surface area contributed by atoms with E-state index in [9.17, 15) is 5.11 Å². The molecule has 19 heavy (non-hydrogen) atoms. The van der Waals surface area contributed by atoms with Crippen LogP contribution in [0, 0.1) is 5.92 Å². The van der Waals surface area contributed by atoms with Gasteiger partial charge in [0.25, 0.3) is 0 Å². The summed E-state index contributed by atoms with van der Waals surface area (Å²) in [5.41, 5.74) is 0.915. The number of aromatic hydroxyl groups is 1. The number of phenols is 1. The minimum absolute atomic E-state index is 0.264. The predicted molar refractivity (Wildman–Crippen MR) is 77.5 cm³/mol. The van der Waals surface area contributed by atoms with Gasteiger partial charge in [-0.05, 0) is 24.8 Å². The molecule has 2 rings (SSSR count). The van der Waals surface area contributed by atoms with Crippen molar-refractivity contribution in [3.63, 3.8) is 0 Å². The van der Waals surface area contributed by atoms with Crippen molar-refractivity contribution in [2.45, 2.75) is 51.6 Å². The standard InChI is InChI=1S/C16H25NO2/c1-3-12-6-4-8-14(10-12)17-11-13-7-5-9-15(19-2)16(13)18/h5,7,9,12,14,17-18H,3-4,6,8,10-11H2,1-2H3. The lowest BCUT2D eigenvalue weighted by molar-refractivity contribution is 0.277. The molecule has 1 aliphatic carbocycles. The van der Waals surface area contributed by atoms with E-state index >= 15 is 0 Å². The maximum atomic E-state index is 10.1. The van der Waals surface area contributed by atoms with E-state index in [1.165, 1.54) is 32.1 Å². The molecule has 0 aliphatic heterocycles. The second-order valence-electron chi connectivity index (χ2n) is 5.49. The van der Waals surface area contributed by atoms with Gasteiger partial charge in [-0.15, -0.1) is 0 Å². The fourth-order valence-corrected chi connectivity index (χ4v) is 2.98. The van der Waals surface area contributed by atoms with Gasteiger partial charge in [-0.3, -0.25) is 0 Å². The maximum Gasteiger partial charge on any atom is 0.162 e. The van der Waals surface area contributed by atoms with E-state index in [2.05, 4.69) is 12.2 Å². The normalized spacial score (nSPS) is 23.3. The Morgan fingerprint density at radius 2 is 2.21 bits per heavy atom. The van der Waals surface area contributed by atoms with Crippen LogP contribution in [0.15, 0.2) is 18.2 Å². The fourth-order valence-electron chi connectivity index (χ4n) is 2.98. The first-order valence-electron chi connectivity index (χ1n) is 7.32. The lowest BCUT2D eigenvalue weighted by Crippen LogP contribution is -2.33. The largest absolute Gasteiger partial charge is 0.504 e. The molecule has 0 amide bonds. The molecule has 2 atom stereocenters. The molecule has 3 nitrogen and oxygen atoms in total. The van der Waals surface area contributed by atoms with Crippen LogP contribution in [0.25, 0.3) is 0 Å². The zero-order valence-corrected chi connectivity index (χ0v) is 12.0. The Kier molecular flexibility index (Phi) is 5.08. The molecule has 1 aromatic carbocycles.